The van der Waals surface area contributed by atoms with Gasteiger partial charge in [0, 0.05) is 16.7 Å². The molecule has 0 bridgehead atoms. The van der Waals surface area contributed by atoms with Crippen molar-refractivity contribution in [1.29, 1.82) is 5.26 Å². The molecule has 5 nitrogen and oxygen atoms in total. The summed E-state index contributed by atoms with van der Waals surface area (Å²) in [6.45, 7) is 1.85. The molecule has 134 valence electrons. The number of anilines is 1. The van der Waals surface area contributed by atoms with E-state index >= 15 is 0 Å². The summed E-state index contributed by atoms with van der Waals surface area (Å²) in [7, 11) is 0. The molecular weight excluding hydrogens is 396 g/mol. The predicted molar refractivity (Wildman–Crippen MR) is 103 cm³/mol. The second-order valence-electron chi connectivity index (χ2n) is 5.75. The summed E-state index contributed by atoms with van der Waals surface area (Å²) in [5.41, 5.74) is 2.56. The molecule has 0 saturated carbocycles. The van der Waals surface area contributed by atoms with Crippen LogP contribution in [0.5, 0.6) is 0 Å². The molecule has 0 aliphatic rings. The van der Waals surface area contributed by atoms with Crippen molar-refractivity contribution in [2.45, 2.75) is 19.8 Å². The number of hydrogen-bond acceptors (Lipinski definition) is 4. The molecule has 0 spiro atoms. The van der Waals surface area contributed by atoms with Crippen LogP contribution in [0.4, 0.5) is 5.69 Å². The number of amides is 1. The van der Waals surface area contributed by atoms with Gasteiger partial charge >= 0.3 is 5.97 Å². The molecular formula is C20H19BrN2O3. The lowest BCUT2D eigenvalue weighted by Crippen LogP contribution is -2.35. The molecule has 0 aromatic heterocycles. The van der Waals surface area contributed by atoms with Crippen molar-refractivity contribution in [3.05, 3.63) is 64.1 Å². The topological polar surface area (TPSA) is 70.4 Å². The van der Waals surface area contributed by atoms with Crippen LogP contribution in [0.2, 0.25) is 0 Å². The molecule has 0 unspecified atom stereocenters. The van der Waals surface area contributed by atoms with Crippen LogP contribution < -0.4 is 4.90 Å². The lowest BCUT2D eigenvalue weighted by atomic mass is 10.2. The van der Waals surface area contributed by atoms with E-state index in [4.69, 9.17) is 10.00 Å². The minimum absolute atomic E-state index is 0.100. The van der Waals surface area contributed by atoms with Crippen molar-refractivity contribution in [3.8, 4) is 6.07 Å². The number of ether oxygens (including phenoxy) is 1. The molecule has 6 heteroatoms. The molecule has 0 N–H and O–H groups in total. The van der Waals surface area contributed by atoms with Gasteiger partial charge in [0.15, 0.2) is 6.61 Å². The van der Waals surface area contributed by atoms with E-state index in [1.54, 1.807) is 0 Å². The Bertz CT molecular complexity index is 795. The Morgan fingerprint density at radius 2 is 1.77 bits per heavy atom. The Kier molecular flexibility index (Phi) is 7.37. The summed E-state index contributed by atoms with van der Waals surface area (Å²) in [4.78, 5) is 25.9. The summed E-state index contributed by atoms with van der Waals surface area (Å²) in [5, 5.41) is 8.81. The molecule has 0 aliphatic carbocycles. The fraction of sp³-hybridized carbons (Fsp3) is 0.250. The largest absolute Gasteiger partial charge is 0.455 e. The van der Waals surface area contributed by atoms with Gasteiger partial charge in [-0.05, 0) is 36.8 Å². The highest BCUT2D eigenvalue weighted by Gasteiger charge is 2.17. The third-order valence-electron chi connectivity index (χ3n) is 3.71. The Morgan fingerprint density at radius 1 is 1.12 bits per heavy atom. The van der Waals surface area contributed by atoms with Gasteiger partial charge in [0.25, 0.3) is 5.91 Å². The molecule has 1 amide bonds. The number of rotatable bonds is 7. The Hall–Kier alpha value is -2.65. The van der Waals surface area contributed by atoms with Gasteiger partial charge in [0.05, 0.1) is 18.9 Å². The molecule has 0 aliphatic heterocycles. The summed E-state index contributed by atoms with van der Waals surface area (Å²) in [5.74, 6) is -0.821. The fourth-order valence-electron chi connectivity index (χ4n) is 2.32. The van der Waals surface area contributed by atoms with Crippen LogP contribution >= 0.6 is 15.9 Å². The predicted octanol–water partition coefficient (Wildman–Crippen LogP) is 3.79. The average molecular weight is 415 g/mol. The maximum atomic E-state index is 12.5. The van der Waals surface area contributed by atoms with Crippen LogP contribution in [0.25, 0.3) is 0 Å². The first-order chi connectivity index (χ1) is 12.5. The molecule has 2 aromatic carbocycles. The first-order valence-electron chi connectivity index (χ1n) is 8.13. The first-order valence-corrected chi connectivity index (χ1v) is 8.93. The molecule has 0 fully saturated rings. The Morgan fingerprint density at radius 3 is 2.38 bits per heavy atom. The zero-order valence-electron chi connectivity index (χ0n) is 14.4. The molecule has 2 rings (SSSR count). The van der Waals surface area contributed by atoms with E-state index < -0.39 is 5.97 Å². The maximum absolute atomic E-state index is 12.5. The number of benzene rings is 2. The van der Waals surface area contributed by atoms with E-state index in [-0.39, 0.29) is 31.9 Å². The van der Waals surface area contributed by atoms with Crippen LogP contribution in [0.15, 0.2) is 53.0 Å². The van der Waals surface area contributed by atoms with Crippen LogP contribution in [0.3, 0.4) is 0 Å². The minimum Gasteiger partial charge on any atom is -0.455 e. The molecule has 2 aromatic rings. The van der Waals surface area contributed by atoms with E-state index in [2.05, 4.69) is 15.9 Å². The second kappa shape index (κ2) is 9.73. The lowest BCUT2D eigenvalue weighted by Gasteiger charge is -2.21. The van der Waals surface area contributed by atoms with Gasteiger partial charge in [-0.1, -0.05) is 45.8 Å². The molecule has 0 saturated heterocycles. The van der Waals surface area contributed by atoms with Gasteiger partial charge < -0.3 is 9.64 Å². The summed E-state index contributed by atoms with van der Waals surface area (Å²) >= 11 is 3.34. The number of halogens is 1. The van der Waals surface area contributed by atoms with Gasteiger partial charge in [-0.3, -0.25) is 9.59 Å². The Balaban J connectivity index is 1.95. The number of nitriles is 1. The third-order valence-corrected chi connectivity index (χ3v) is 4.24. The lowest BCUT2D eigenvalue weighted by molar-refractivity contribution is -0.147. The summed E-state index contributed by atoms with van der Waals surface area (Å²) in [6, 6.07) is 16.8. The smallest absolute Gasteiger partial charge is 0.310 e. The standard InChI is InChI=1S/C20H19BrN2O3/c1-15-3-9-18(10-4-15)23(12-2-11-22)19(24)14-26-20(25)13-16-5-7-17(21)8-6-16/h3-10H,2,12-14H2,1H3. The van der Waals surface area contributed by atoms with Gasteiger partial charge in [-0.15, -0.1) is 0 Å². The molecule has 0 radical (unpaired) electrons. The van der Waals surface area contributed by atoms with Crippen LogP contribution in [0, 0.1) is 18.3 Å². The fourth-order valence-corrected chi connectivity index (χ4v) is 2.59. The summed E-state index contributed by atoms with van der Waals surface area (Å²) in [6.07, 6.45) is 0.301. The van der Waals surface area contributed by atoms with Crippen LogP contribution in [0.1, 0.15) is 17.5 Å². The van der Waals surface area contributed by atoms with Gasteiger partial charge in [0.1, 0.15) is 0 Å². The third kappa shape index (κ3) is 6.01. The monoisotopic (exact) mass is 414 g/mol. The van der Waals surface area contributed by atoms with Crippen molar-refractivity contribution in [2.75, 3.05) is 18.1 Å². The molecule has 0 atom stereocenters. The number of nitrogens with zero attached hydrogens (tertiary/aromatic N) is 2. The highest BCUT2D eigenvalue weighted by molar-refractivity contribution is 9.10. The first kappa shape index (κ1) is 19.7. The van der Waals surface area contributed by atoms with Gasteiger partial charge in [-0.2, -0.15) is 5.26 Å². The van der Waals surface area contributed by atoms with E-state index in [9.17, 15) is 9.59 Å². The zero-order valence-corrected chi connectivity index (χ0v) is 16.0. The normalized spacial score (nSPS) is 10.0. The number of carbonyl (C=O) groups is 2. The van der Waals surface area contributed by atoms with E-state index in [1.807, 2.05) is 61.5 Å². The van der Waals surface area contributed by atoms with Crippen molar-refractivity contribution < 1.29 is 14.3 Å². The van der Waals surface area contributed by atoms with Crippen LogP contribution in [-0.4, -0.2) is 25.0 Å². The van der Waals surface area contributed by atoms with E-state index in [0.717, 1.165) is 15.6 Å². The highest BCUT2D eigenvalue weighted by Crippen LogP contribution is 2.16. The minimum atomic E-state index is -0.468. The maximum Gasteiger partial charge on any atom is 0.310 e. The van der Waals surface area contributed by atoms with Crippen molar-refractivity contribution in [2.24, 2.45) is 0 Å². The number of aryl methyl sites for hydroxylation is 1. The van der Waals surface area contributed by atoms with Crippen molar-refractivity contribution >= 4 is 33.5 Å². The van der Waals surface area contributed by atoms with Gasteiger partial charge in [0.2, 0.25) is 0 Å². The Labute approximate surface area is 161 Å². The number of hydrogen-bond donors (Lipinski definition) is 0. The quantitative estimate of drug-likeness (QED) is 0.646. The van der Waals surface area contributed by atoms with Crippen LogP contribution in [-0.2, 0) is 20.7 Å². The van der Waals surface area contributed by atoms with Gasteiger partial charge in [-0.25, -0.2) is 0 Å². The second-order valence-corrected chi connectivity index (χ2v) is 6.67. The zero-order chi connectivity index (χ0) is 18.9. The summed E-state index contributed by atoms with van der Waals surface area (Å²) < 4.78 is 6.05. The molecule has 0 heterocycles. The average Bonchev–Trinajstić information content (AvgIpc) is 2.63. The van der Waals surface area contributed by atoms with E-state index in [1.165, 1.54) is 4.90 Å². The number of carbonyl (C=O) groups excluding carboxylic acids is 2. The highest BCUT2D eigenvalue weighted by atomic mass is 79.9. The SMILES string of the molecule is Cc1ccc(N(CCC#N)C(=O)COC(=O)Cc2ccc(Br)cc2)cc1. The van der Waals surface area contributed by atoms with Crippen molar-refractivity contribution in [3.63, 3.8) is 0 Å². The molecule has 26 heavy (non-hydrogen) atoms. The number of esters is 1. The van der Waals surface area contributed by atoms with E-state index in [0.29, 0.717) is 5.69 Å². The van der Waals surface area contributed by atoms with Crippen molar-refractivity contribution in [1.82, 2.24) is 0 Å².